The Labute approximate surface area is 91.5 Å². The van der Waals surface area contributed by atoms with Crippen LogP contribution in [0.1, 0.15) is 24.1 Å². The zero-order valence-corrected chi connectivity index (χ0v) is 8.80. The fourth-order valence-corrected chi connectivity index (χ4v) is 1.28. The molecule has 0 aliphatic carbocycles. The van der Waals surface area contributed by atoms with Crippen molar-refractivity contribution in [2.75, 3.05) is 7.11 Å². The van der Waals surface area contributed by atoms with Crippen LogP contribution in [0.2, 0.25) is 0 Å². The van der Waals surface area contributed by atoms with Crippen molar-refractivity contribution in [1.29, 1.82) is 0 Å². The molecule has 86 valence electrons. The minimum absolute atomic E-state index is 0.228. The molecule has 1 aromatic rings. The van der Waals surface area contributed by atoms with E-state index < -0.39 is 17.8 Å². The minimum Gasteiger partial charge on any atom is -0.496 e. The largest absolute Gasteiger partial charge is 0.496 e. The van der Waals surface area contributed by atoms with Crippen molar-refractivity contribution in [2.24, 2.45) is 0 Å². The van der Waals surface area contributed by atoms with Gasteiger partial charge in [0.1, 0.15) is 5.75 Å². The summed E-state index contributed by atoms with van der Waals surface area (Å²) < 4.78 is 42.5. The van der Waals surface area contributed by atoms with Gasteiger partial charge in [0.05, 0.1) is 12.7 Å². The molecule has 0 fully saturated rings. The van der Waals surface area contributed by atoms with E-state index in [2.05, 4.69) is 9.58 Å². The molecule has 1 rings (SSSR count). The predicted octanol–water partition coefficient (Wildman–Crippen LogP) is 3.69. The topological polar surface area (TPSA) is 13.6 Å². The summed E-state index contributed by atoms with van der Waals surface area (Å²) in [6, 6.07) is 3.07. The zero-order chi connectivity index (χ0) is 12.3. The molecular formula is C11H10F3NO. The third kappa shape index (κ3) is 2.45. The summed E-state index contributed by atoms with van der Waals surface area (Å²) in [5.74, 6) is -0.228. The molecule has 0 amide bonds. The molecule has 0 saturated heterocycles. The van der Waals surface area contributed by atoms with Gasteiger partial charge in [0.25, 0.3) is 0 Å². The maximum absolute atomic E-state index is 12.6. The second-order valence-electron chi connectivity index (χ2n) is 3.26. The second kappa shape index (κ2) is 4.44. The Kier molecular flexibility index (Phi) is 3.43. The molecule has 5 heteroatoms. The first-order chi connectivity index (χ1) is 7.40. The van der Waals surface area contributed by atoms with E-state index in [1.807, 2.05) is 0 Å². The zero-order valence-electron chi connectivity index (χ0n) is 8.80. The van der Waals surface area contributed by atoms with E-state index in [1.165, 1.54) is 19.2 Å². The molecule has 0 aliphatic rings. The van der Waals surface area contributed by atoms with Crippen LogP contribution >= 0.6 is 0 Å². The number of rotatable bonds is 2. The summed E-state index contributed by atoms with van der Waals surface area (Å²) in [7, 11) is 1.18. The van der Waals surface area contributed by atoms with Crippen LogP contribution in [-0.4, -0.2) is 7.11 Å². The van der Waals surface area contributed by atoms with Crippen LogP contribution < -0.4 is 4.74 Å². The van der Waals surface area contributed by atoms with Gasteiger partial charge < -0.3 is 9.58 Å². The highest BCUT2D eigenvalue weighted by atomic mass is 19.4. The molecule has 1 unspecified atom stereocenters. The lowest BCUT2D eigenvalue weighted by molar-refractivity contribution is -0.138. The summed E-state index contributed by atoms with van der Waals surface area (Å²) in [5, 5.41) is 0. The molecule has 16 heavy (non-hydrogen) atoms. The van der Waals surface area contributed by atoms with Crippen molar-refractivity contribution in [2.45, 2.75) is 19.1 Å². The minimum atomic E-state index is -4.47. The molecule has 0 radical (unpaired) electrons. The van der Waals surface area contributed by atoms with Crippen LogP contribution in [-0.2, 0) is 6.18 Å². The van der Waals surface area contributed by atoms with Crippen molar-refractivity contribution in [3.8, 4) is 5.75 Å². The summed E-state index contributed by atoms with van der Waals surface area (Å²) in [4.78, 5) is 3.18. The van der Waals surface area contributed by atoms with Crippen LogP contribution in [0.25, 0.3) is 4.85 Å². The van der Waals surface area contributed by atoms with Crippen molar-refractivity contribution >= 4 is 0 Å². The summed E-state index contributed by atoms with van der Waals surface area (Å²) in [6.45, 7) is 8.33. The Bertz CT molecular complexity index is 420. The fourth-order valence-electron chi connectivity index (χ4n) is 1.28. The molecule has 0 aromatic heterocycles. The van der Waals surface area contributed by atoms with E-state index in [9.17, 15) is 13.2 Å². The van der Waals surface area contributed by atoms with Gasteiger partial charge in [-0.05, 0) is 18.2 Å². The first kappa shape index (κ1) is 12.4. The van der Waals surface area contributed by atoms with Gasteiger partial charge in [-0.25, -0.2) is 6.57 Å². The van der Waals surface area contributed by atoms with Crippen molar-refractivity contribution in [3.05, 3.63) is 40.7 Å². The number of halogens is 3. The molecule has 1 atom stereocenters. The Morgan fingerprint density at radius 2 is 2.00 bits per heavy atom. The Hall–Kier alpha value is -1.70. The van der Waals surface area contributed by atoms with Gasteiger partial charge in [-0.3, -0.25) is 0 Å². The predicted molar refractivity (Wildman–Crippen MR) is 53.0 cm³/mol. The number of ether oxygens (including phenoxy) is 1. The molecule has 0 N–H and O–H groups in total. The van der Waals surface area contributed by atoms with E-state index in [0.29, 0.717) is 5.56 Å². The number of alkyl halides is 3. The molecule has 1 aromatic carbocycles. The van der Waals surface area contributed by atoms with Crippen molar-refractivity contribution in [1.82, 2.24) is 0 Å². The molecule has 0 bridgehead atoms. The van der Waals surface area contributed by atoms with E-state index in [1.54, 1.807) is 6.92 Å². The Balaban J connectivity index is 3.28. The van der Waals surface area contributed by atoms with Gasteiger partial charge >= 0.3 is 6.18 Å². The van der Waals surface area contributed by atoms with E-state index in [0.717, 1.165) is 6.07 Å². The molecular weight excluding hydrogens is 219 g/mol. The summed E-state index contributed by atoms with van der Waals surface area (Å²) in [5.41, 5.74) is -0.508. The molecule has 0 spiro atoms. The van der Waals surface area contributed by atoms with Gasteiger partial charge in [0.2, 0.25) is 6.04 Å². The van der Waals surface area contributed by atoms with Crippen LogP contribution in [0.5, 0.6) is 5.75 Å². The Morgan fingerprint density at radius 1 is 1.38 bits per heavy atom. The highest BCUT2D eigenvalue weighted by Gasteiger charge is 2.35. The lowest BCUT2D eigenvalue weighted by Crippen LogP contribution is -2.08. The lowest BCUT2D eigenvalue weighted by Gasteiger charge is -2.13. The second-order valence-corrected chi connectivity index (χ2v) is 3.26. The van der Waals surface area contributed by atoms with Crippen LogP contribution in [0.15, 0.2) is 18.2 Å². The number of nitrogens with zero attached hydrogens (tertiary/aromatic N) is 1. The molecule has 0 heterocycles. The van der Waals surface area contributed by atoms with Crippen LogP contribution in [0.4, 0.5) is 13.2 Å². The molecule has 2 nitrogen and oxygen atoms in total. The van der Waals surface area contributed by atoms with Gasteiger partial charge in [0, 0.05) is 12.5 Å². The summed E-state index contributed by atoms with van der Waals surface area (Å²) >= 11 is 0. The average molecular weight is 229 g/mol. The van der Waals surface area contributed by atoms with Crippen molar-refractivity contribution < 1.29 is 17.9 Å². The SMILES string of the molecule is [C-]#[N+]C(C)c1ccc(OC)c(C(F)(F)F)c1. The number of benzene rings is 1. The van der Waals surface area contributed by atoms with Crippen LogP contribution in [0, 0.1) is 6.57 Å². The van der Waals surface area contributed by atoms with Gasteiger partial charge in [-0.2, -0.15) is 13.2 Å². The summed E-state index contributed by atoms with van der Waals surface area (Å²) in [6.07, 6.45) is -4.47. The van der Waals surface area contributed by atoms with E-state index in [4.69, 9.17) is 6.57 Å². The molecule has 0 saturated carbocycles. The highest BCUT2D eigenvalue weighted by molar-refractivity contribution is 5.40. The standard InChI is InChI=1S/C11H10F3NO/c1-7(15-2)8-4-5-10(16-3)9(6-8)11(12,13)14/h4-7H,1,3H3. The maximum atomic E-state index is 12.6. The van der Waals surface area contributed by atoms with Gasteiger partial charge in [-0.1, -0.05) is 0 Å². The lowest BCUT2D eigenvalue weighted by atomic mass is 10.0. The average Bonchev–Trinajstić information content (AvgIpc) is 2.26. The first-order valence-electron chi connectivity index (χ1n) is 4.52. The van der Waals surface area contributed by atoms with Gasteiger partial charge in [0.15, 0.2) is 0 Å². The smallest absolute Gasteiger partial charge is 0.419 e. The van der Waals surface area contributed by atoms with E-state index in [-0.39, 0.29) is 5.75 Å². The third-order valence-corrected chi connectivity index (χ3v) is 2.20. The number of hydrogen-bond donors (Lipinski definition) is 0. The first-order valence-corrected chi connectivity index (χ1v) is 4.52. The number of methoxy groups -OCH3 is 1. The normalized spacial score (nSPS) is 13.0. The Morgan fingerprint density at radius 3 is 2.44 bits per heavy atom. The fraction of sp³-hybridized carbons (Fsp3) is 0.364. The highest BCUT2D eigenvalue weighted by Crippen LogP contribution is 2.37. The quantitative estimate of drug-likeness (QED) is 0.705. The van der Waals surface area contributed by atoms with Crippen LogP contribution in [0.3, 0.4) is 0 Å². The monoisotopic (exact) mass is 229 g/mol. The maximum Gasteiger partial charge on any atom is 0.419 e. The van der Waals surface area contributed by atoms with E-state index >= 15 is 0 Å². The molecule has 0 aliphatic heterocycles. The van der Waals surface area contributed by atoms with Crippen molar-refractivity contribution in [3.63, 3.8) is 0 Å². The number of hydrogen-bond acceptors (Lipinski definition) is 1. The van der Waals surface area contributed by atoms with Gasteiger partial charge in [-0.15, -0.1) is 0 Å². The third-order valence-electron chi connectivity index (χ3n) is 2.20.